The zero-order valence-electron chi connectivity index (χ0n) is 16.8. The Morgan fingerprint density at radius 3 is 2.69 bits per heavy atom. The molecule has 11 heteroatoms. The van der Waals surface area contributed by atoms with E-state index in [9.17, 15) is 22.4 Å². The largest absolute Gasteiger partial charge is 0.445 e. The number of nitrogens with zero attached hydrogens (tertiary/aromatic N) is 5. The van der Waals surface area contributed by atoms with E-state index in [1.165, 1.54) is 30.7 Å². The Morgan fingerprint density at radius 2 is 2.03 bits per heavy atom. The lowest BCUT2D eigenvalue weighted by atomic mass is 9.98. The summed E-state index contributed by atoms with van der Waals surface area (Å²) >= 11 is 0. The molecule has 0 saturated carbocycles. The Hall–Kier alpha value is -3.63. The number of amides is 1. The van der Waals surface area contributed by atoms with Gasteiger partial charge in [0.25, 0.3) is 5.91 Å². The third kappa shape index (κ3) is 4.36. The Labute approximate surface area is 179 Å². The van der Waals surface area contributed by atoms with E-state index in [1.807, 2.05) is 0 Å². The highest BCUT2D eigenvalue weighted by Crippen LogP contribution is 2.29. The van der Waals surface area contributed by atoms with Gasteiger partial charge < -0.3 is 9.32 Å². The summed E-state index contributed by atoms with van der Waals surface area (Å²) < 4.78 is 57.1. The molecule has 3 heterocycles. The molecule has 0 aliphatic carbocycles. The van der Waals surface area contributed by atoms with Crippen molar-refractivity contribution in [3.05, 3.63) is 60.1 Å². The van der Waals surface area contributed by atoms with Gasteiger partial charge in [-0.15, -0.1) is 0 Å². The van der Waals surface area contributed by atoms with Crippen molar-refractivity contribution in [2.24, 2.45) is 4.99 Å². The number of oxazole rings is 1. The number of aliphatic imine (C=N–C) groups is 1. The van der Waals surface area contributed by atoms with Gasteiger partial charge in [-0.1, -0.05) is 0 Å². The molecule has 0 spiro atoms. The first kappa shape index (κ1) is 21.6. The van der Waals surface area contributed by atoms with E-state index in [0.29, 0.717) is 31.3 Å². The van der Waals surface area contributed by atoms with E-state index in [0.717, 1.165) is 6.20 Å². The maximum atomic E-state index is 13.8. The number of aromatic nitrogens is 3. The van der Waals surface area contributed by atoms with Crippen LogP contribution in [0.5, 0.6) is 0 Å². The molecule has 0 N–H and O–H groups in total. The number of alkyl halides is 3. The summed E-state index contributed by atoms with van der Waals surface area (Å²) in [6.07, 6.45) is 0.848. The molecule has 0 radical (unpaired) electrons. The molecule has 0 unspecified atom stereocenters. The Kier molecular flexibility index (Phi) is 5.72. The van der Waals surface area contributed by atoms with E-state index in [2.05, 4.69) is 19.9 Å². The molecule has 1 atom stereocenters. The number of hydrogen-bond acceptors (Lipinski definition) is 6. The number of carbonyl (C=O) groups excluding carboxylic acids is 1. The third-order valence-electron chi connectivity index (χ3n) is 5.10. The lowest BCUT2D eigenvalue weighted by molar-refractivity contribution is -0.141. The number of benzene rings is 1. The Morgan fingerprint density at radius 1 is 1.22 bits per heavy atom. The third-order valence-corrected chi connectivity index (χ3v) is 5.10. The predicted molar refractivity (Wildman–Crippen MR) is 106 cm³/mol. The minimum Gasteiger partial charge on any atom is -0.445 e. The summed E-state index contributed by atoms with van der Waals surface area (Å²) in [6, 6.07) is 3.28. The Bertz CT molecular complexity index is 1140. The SMILES string of the molecule is C[C@H]1C(=Nc2cnc(C(F)(F)F)cn2)CCCN1C(=O)c1ccc(F)cc1-c1ncco1. The van der Waals surface area contributed by atoms with E-state index in [-0.39, 0.29) is 28.7 Å². The smallest absolute Gasteiger partial charge is 0.434 e. The van der Waals surface area contributed by atoms with Gasteiger partial charge in [-0.05, 0) is 38.0 Å². The van der Waals surface area contributed by atoms with E-state index in [1.54, 1.807) is 11.8 Å². The number of halogens is 4. The van der Waals surface area contributed by atoms with Gasteiger partial charge in [0.15, 0.2) is 11.5 Å². The van der Waals surface area contributed by atoms with Crippen LogP contribution in [0.3, 0.4) is 0 Å². The quantitative estimate of drug-likeness (QED) is 0.544. The first-order valence-electron chi connectivity index (χ1n) is 9.71. The normalized spacial score (nSPS) is 18.2. The van der Waals surface area contributed by atoms with Gasteiger partial charge in [0.1, 0.15) is 12.1 Å². The lowest BCUT2D eigenvalue weighted by Gasteiger charge is -2.35. The van der Waals surface area contributed by atoms with Gasteiger partial charge in [-0.25, -0.2) is 24.3 Å². The highest BCUT2D eigenvalue weighted by molar-refractivity contribution is 6.03. The van der Waals surface area contributed by atoms with Crippen molar-refractivity contribution in [2.75, 3.05) is 6.54 Å². The molecule has 1 aromatic carbocycles. The van der Waals surface area contributed by atoms with Crippen molar-refractivity contribution >= 4 is 17.4 Å². The van der Waals surface area contributed by atoms with Gasteiger partial charge >= 0.3 is 6.18 Å². The number of carbonyl (C=O) groups is 1. The summed E-state index contributed by atoms with van der Waals surface area (Å²) in [5.41, 5.74) is -0.0788. The van der Waals surface area contributed by atoms with Gasteiger partial charge in [-0.2, -0.15) is 13.2 Å². The van der Waals surface area contributed by atoms with Crippen LogP contribution in [0.25, 0.3) is 11.5 Å². The van der Waals surface area contributed by atoms with Crippen molar-refractivity contribution in [2.45, 2.75) is 32.0 Å². The minimum absolute atomic E-state index is 0.0244. The first-order valence-corrected chi connectivity index (χ1v) is 9.71. The maximum absolute atomic E-state index is 13.8. The fraction of sp³-hybridized carbons (Fsp3) is 0.286. The highest BCUT2D eigenvalue weighted by atomic mass is 19.4. The first-order chi connectivity index (χ1) is 15.2. The predicted octanol–water partition coefficient (Wildman–Crippen LogP) is 4.69. The average Bonchev–Trinajstić information content (AvgIpc) is 3.29. The van der Waals surface area contributed by atoms with Crippen LogP contribution < -0.4 is 0 Å². The zero-order chi connectivity index (χ0) is 22.9. The summed E-state index contributed by atoms with van der Waals surface area (Å²) in [7, 11) is 0. The van der Waals surface area contributed by atoms with Gasteiger partial charge in [-0.3, -0.25) is 4.79 Å². The molecule has 1 aliphatic heterocycles. The average molecular weight is 447 g/mol. The lowest BCUT2D eigenvalue weighted by Crippen LogP contribution is -2.47. The maximum Gasteiger partial charge on any atom is 0.434 e. The fourth-order valence-corrected chi connectivity index (χ4v) is 3.50. The van der Waals surface area contributed by atoms with Crippen molar-refractivity contribution in [3.8, 4) is 11.5 Å². The Balaban J connectivity index is 1.61. The summed E-state index contributed by atoms with van der Waals surface area (Å²) in [5.74, 6) is -0.760. The van der Waals surface area contributed by atoms with Crippen LogP contribution in [0.15, 0.2) is 52.5 Å². The molecule has 0 bridgehead atoms. The zero-order valence-corrected chi connectivity index (χ0v) is 16.8. The van der Waals surface area contributed by atoms with Crippen LogP contribution in [-0.2, 0) is 6.18 Å². The molecule has 1 amide bonds. The second-order valence-corrected chi connectivity index (χ2v) is 7.17. The van der Waals surface area contributed by atoms with Crippen LogP contribution in [0.1, 0.15) is 35.8 Å². The van der Waals surface area contributed by atoms with Crippen LogP contribution >= 0.6 is 0 Å². The van der Waals surface area contributed by atoms with Gasteiger partial charge in [0.2, 0.25) is 5.89 Å². The molecule has 1 fully saturated rings. The molecule has 3 aromatic rings. The van der Waals surface area contributed by atoms with Crippen molar-refractivity contribution in [3.63, 3.8) is 0 Å². The van der Waals surface area contributed by atoms with Crippen molar-refractivity contribution in [1.82, 2.24) is 19.9 Å². The number of hydrogen-bond donors (Lipinski definition) is 0. The van der Waals surface area contributed by atoms with E-state index in [4.69, 9.17) is 4.42 Å². The molecule has 4 rings (SSSR count). The molecule has 7 nitrogen and oxygen atoms in total. The molecule has 2 aromatic heterocycles. The number of rotatable bonds is 3. The second kappa shape index (κ2) is 8.48. The second-order valence-electron chi connectivity index (χ2n) is 7.17. The molecule has 166 valence electrons. The van der Waals surface area contributed by atoms with Crippen LogP contribution in [0.4, 0.5) is 23.4 Å². The van der Waals surface area contributed by atoms with Crippen molar-refractivity contribution < 1.29 is 26.8 Å². The van der Waals surface area contributed by atoms with Crippen LogP contribution in [0.2, 0.25) is 0 Å². The molecular formula is C21H17F4N5O2. The van der Waals surface area contributed by atoms with Crippen LogP contribution in [0, 0.1) is 5.82 Å². The fourth-order valence-electron chi connectivity index (χ4n) is 3.50. The van der Waals surface area contributed by atoms with E-state index < -0.39 is 23.7 Å². The molecule has 32 heavy (non-hydrogen) atoms. The van der Waals surface area contributed by atoms with E-state index >= 15 is 0 Å². The topological polar surface area (TPSA) is 84.5 Å². The van der Waals surface area contributed by atoms with Gasteiger partial charge in [0, 0.05) is 12.3 Å². The van der Waals surface area contributed by atoms with Crippen LogP contribution in [-0.4, -0.2) is 44.1 Å². The minimum atomic E-state index is -4.59. The van der Waals surface area contributed by atoms with Crippen molar-refractivity contribution in [1.29, 1.82) is 0 Å². The molecular weight excluding hydrogens is 430 g/mol. The van der Waals surface area contributed by atoms with Gasteiger partial charge in [0.05, 0.1) is 35.8 Å². The summed E-state index contributed by atoms with van der Waals surface area (Å²) in [6.45, 7) is 2.20. The summed E-state index contributed by atoms with van der Waals surface area (Å²) in [4.78, 5) is 30.3. The molecule has 1 aliphatic rings. The standard InChI is InChI=1S/C21H17F4N5O2/c1-12-16(29-18-11-27-17(10-28-18)21(23,24)25)3-2-7-30(12)20(31)14-5-4-13(22)9-15(14)19-26-6-8-32-19/h4-6,8-12H,2-3,7H2,1H3/t12-/m0/s1. The number of likely N-dealkylation sites (tertiary alicyclic amines) is 1. The molecule has 1 saturated heterocycles. The number of piperidine rings is 1. The summed E-state index contributed by atoms with van der Waals surface area (Å²) in [5, 5.41) is 0. The monoisotopic (exact) mass is 447 g/mol. The highest BCUT2D eigenvalue weighted by Gasteiger charge is 2.33.